The second kappa shape index (κ2) is 6.18. The lowest BCUT2D eigenvalue weighted by Crippen LogP contribution is -2.31. The number of nitrogens with one attached hydrogen (secondary N) is 1. The summed E-state index contributed by atoms with van der Waals surface area (Å²) in [5.74, 6) is -1.15. The van der Waals surface area contributed by atoms with Crippen LogP contribution >= 0.6 is 0 Å². The van der Waals surface area contributed by atoms with Crippen LogP contribution in [0.3, 0.4) is 0 Å². The zero-order valence-electron chi connectivity index (χ0n) is 10.9. The molecular formula is C14H16N2O4. The van der Waals surface area contributed by atoms with Crippen molar-refractivity contribution in [3.05, 3.63) is 35.9 Å². The van der Waals surface area contributed by atoms with Gasteiger partial charge in [-0.2, -0.15) is 0 Å². The minimum Gasteiger partial charge on any atom is -0.481 e. The fraction of sp³-hybridized carbons (Fsp3) is 0.357. The van der Waals surface area contributed by atoms with Crippen LogP contribution in [0.5, 0.6) is 0 Å². The van der Waals surface area contributed by atoms with Crippen LogP contribution in [-0.2, 0) is 9.59 Å². The number of hydrogen-bond donors (Lipinski definition) is 2. The molecule has 2 rings (SSSR count). The summed E-state index contributed by atoms with van der Waals surface area (Å²) < 4.78 is 0. The van der Waals surface area contributed by atoms with Crippen molar-refractivity contribution in [1.82, 2.24) is 10.2 Å². The number of unbranched alkanes of at least 4 members (excludes halogenated alkanes) is 1. The van der Waals surface area contributed by atoms with Gasteiger partial charge < -0.3 is 10.4 Å². The lowest BCUT2D eigenvalue weighted by atomic mass is 10.1. The molecule has 6 nitrogen and oxygen atoms in total. The van der Waals surface area contributed by atoms with E-state index in [-0.39, 0.29) is 18.9 Å². The zero-order valence-corrected chi connectivity index (χ0v) is 10.9. The van der Waals surface area contributed by atoms with E-state index in [1.165, 1.54) is 0 Å². The molecular weight excluding hydrogens is 260 g/mol. The summed E-state index contributed by atoms with van der Waals surface area (Å²) in [5, 5.41) is 11.2. The number of carbonyl (C=O) groups is 3. The number of benzene rings is 1. The Kier molecular flexibility index (Phi) is 4.34. The number of carboxylic acid groups (broad SMARTS) is 1. The molecule has 2 N–H and O–H groups in total. The standard InChI is InChI=1S/C14H16N2O4/c17-11(18)8-4-5-9-16-13(19)12(15-14(16)20)10-6-2-1-3-7-10/h1-3,6-7,12H,4-5,8-9H2,(H,15,20)(H,17,18). The van der Waals surface area contributed by atoms with Gasteiger partial charge in [-0.1, -0.05) is 30.3 Å². The van der Waals surface area contributed by atoms with Crippen LogP contribution in [0.2, 0.25) is 0 Å². The smallest absolute Gasteiger partial charge is 0.325 e. The Morgan fingerprint density at radius 1 is 1.20 bits per heavy atom. The van der Waals surface area contributed by atoms with Crippen molar-refractivity contribution < 1.29 is 19.5 Å². The predicted octanol–water partition coefficient (Wildman–Crippen LogP) is 1.53. The molecule has 1 saturated heterocycles. The van der Waals surface area contributed by atoms with E-state index in [1.54, 1.807) is 12.1 Å². The minimum absolute atomic E-state index is 0.0474. The van der Waals surface area contributed by atoms with E-state index in [0.29, 0.717) is 12.8 Å². The molecule has 1 aromatic rings. The second-order valence-corrected chi connectivity index (χ2v) is 4.63. The van der Waals surface area contributed by atoms with Crippen molar-refractivity contribution >= 4 is 17.9 Å². The Morgan fingerprint density at radius 3 is 2.55 bits per heavy atom. The van der Waals surface area contributed by atoms with Crippen LogP contribution in [0.1, 0.15) is 30.9 Å². The first-order valence-corrected chi connectivity index (χ1v) is 6.48. The van der Waals surface area contributed by atoms with Crippen LogP contribution in [0, 0.1) is 0 Å². The highest BCUT2D eigenvalue weighted by Crippen LogP contribution is 2.21. The molecule has 1 fully saturated rings. The van der Waals surface area contributed by atoms with Gasteiger partial charge in [0, 0.05) is 13.0 Å². The first-order valence-electron chi connectivity index (χ1n) is 6.48. The highest BCUT2D eigenvalue weighted by atomic mass is 16.4. The molecule has 1 heterocycles. The number of nitrogens with zero attached hydrogens (tertiary/aromatic N) is 1. The molecule has 0 radical (unpaired) electrons. The molecule has 0 spiro atoms. The number of aliphatic carboxylic acids is 1. The molecule has 6 heteroatoms. The molecule has 0 bridgehead atoms. The molecule has 0 aliphatic carbocycles. The van der Waals surface area contributed by atoms with E-state index in [0.717, 1.165) is 10.5 Å². The summed E-state index contributed by atoms with van der Waals surface area (Å²) in [5.41, 5.74) is 0.749. The van der Waals surface area contributed by atoms with Gasteiger partial charge in [0.25, 0.3) is 5.91 Å². The SMILES string of the molecule is O=C(O)CCCCN1C(=O)NC(c2ccccc2)C1=O. The molecule has 1 aromatic carbocycles. The lowest BCUT2D eigenvalue weighted by Gasteiger charge is -2.12. The summed E-state index contributed by atoms with van der Waals surface area (Å²) >= 11 is 0. The van der Waals surface area contributed by atoms with Crippen molar-refractivity contribution in [3.63, 3.8) is 0 Å². The van der Waals surface area contributed by atoms with Crippen LogP contribution in [0.15, 0.2) is 30.3 Å². The summed E-state index contributed by atoms with van der Waals surface area (Å²) in [6.45, 7) is 0.251. The normalized spacial score (nSPS) is 18.2. The van der Waals surface area contributed by atoms with Crippen LogP contribution in [-0.4, -0.2) is 34.5 Å². The van der Waals surface area contributed by atoms with Gasteiger partial charge in [0.15, 0.2) is 0 Å². The zero-order chi connectivity index (χ0) is 14.5. The van der Waals surface area contributed by atoms with Crippen molar-refractivity contribution in [3.8, 4) is 0 Å². The minimum atomic E-state index is -0.871. The Hall–Kier alpha value is -2.37. The second-order valence-electron chi connectivity index (χ2n) is 4.63. The van der Waals surface area contributed by atoms with Crippen molar-refractivity contribution in [1.29, 1.82) is 0 Å². The maximum absolute atomic E-state index is 12.2. The average Bonchev–Trinajstić information content (AvgIpc) is 2.71. The van der Waals surface area contributed by atoms with Gasteiger partial charge in [-0.3, -0.25) is 14.5 Å². The molecule has 1 atom stereocenters. The fourth-order valence-corrected chi connectivity index (χ4v) is 2.15. The predicted molar refractivity (Wildman–Crippen MR) is 70.9 cm³/mol. The Bertz CT molecular complexity index is 515. The van der Waals surface area contributed by atoms with Crippen LogP contribution in [0.4, 0.5) is 4.79 Å². The highest BCUT2D eigenvalue weighted by Gasteiger charge is 2.38. The molecule has 0 aromatic heterocycles. The molecule has 1 aliphatic heterocycles. The van der Waals surface area contributed by atoms with Gasteiger partial charge >= 0.3 is 12.0 Å². The lowest BCUT2D eigenvalue weighted by molar-refractivity contribution is -0.137. The van der Waals surface area contributed by atoms with Gasteiger partial charge in [0.2, 0.25) is 0 Å². The third-order valence-electron chi connectivity index (χ3n) is 3.18. The van der Waals surface area contributed by atoms with Gasteiger partial charge in [-0.05, 0) is 18.4 Å². The van der Waals surface area contributed by atoms with E-state index >= 15 is 0 Å². The quantitative estimate of drug-likeness (QED) is 0.609. The van der Waals surface area contributed by atoms with Gasteiger partial charge in [-0.15, -0.1) is 0 Å². The number of hydrogen-bond acceptors (Lipinski definition) is 3. The maximum atomic E-state index is 12.2. The molecule has 1 aliphatic rings. The van der Waals surface area contributed by atoms with Gasteiger partial charge in [0.05, 0.1) is 0 Å². The molecule has 20 heavy (non-hydrogen) atoms. The summed E-state index contributed by atoms with van der Waals surface area (Å²) in [6, 6.07) is 7.98. The van der Waals surface area contributed by atoms with Crippen molar-refractivity contribution in [2.24, 2.45) is 0 Å². The Morgan fingerprint density at radius 2 is 1.90 bits per heavy atom. The third kappa shape index (κ3) is 3.14. The third-order valence-corrected chi connectivity index (χ3v) is 3.18. The Balaban J connectivity index is 1.94. The fourth-order valence-electron chi connectivity index (χ4n) is 2.15. The molecule has 106 valence electrons. The number of rotatable bonds is 6. The monoisotopic (exact) mass is 276 g/mol. The first kappa shape index (κ1) is 14.0. The largest absolute Gasteiger partial charge is 0.481 e. The topological polar surface area (TPSA) is 86.7 Å². The number of carboxylic acids is 1. The molecule has 3 amide bonds. The van der Waals surface area contributed by atoms with Crippen molar-refractivity contribution in [2.45, 2.75) is 25.3 Å². The number of amides is 3. The number of carbonyl (C=O) groups excluding carboxylic acids is 2. The first-order chi connectivity index (χ1) is 9.59. The van der Waals surface area contributed by atoms with Crippen molar-refractivity contribution in [2.75, 3.05) is 6.54 Å². The van der Waals surface area contributed by atoms with Crippen LogP contribution in [0.25, 0.3) is 0 Å². The average molecular weight is 276 g/mol. The highest BCUT2D eigenvalue weighted by molar-refractivity contribution is 6.04. The maximum Gasteiger partial charge on any atom is 0.325 e. The van der Waals surface area contributed by atoms with Crippen LogP contribution < -0.4 is 5.32 Å². The summed E-state index contributed by atoms with van der Waals surface area (Å²) in [6.07, 6.45) is 0.987. The Labute approximate surface area is 116 Å². The van der Waals surface area contributed by atoms with E-state index in [2.05, 4.69) is 5.32 Å². The van der Waals surface area contributed by atoms with Gasteiger partial charge in [-0.25, -0.2) is 4.79 Å². The summed E-state index contributed by atoms with van der Waals surface area (Å²) in [4.78, 5) is 35.5. The van der Waals surface area contributed by atoms with Gasteiger partial charge in [0.1, 0.15) is 6.04 Å². The number of imide groups is 1. The number of urea groups is 1. The van der Waals surface area contributed by atoms with E-state index < -0.39 is 18.0 Å². The molecule has 0 saturated carbocycles. The van der Waals surface area contributed by atoms with E-state index in [9.17, 15) is 14.4 Å². The summed E-state index contributed by atoms with van der Waals surface area (Å²) in [7, 11) is 0. The molecule has 1 unspecified atom stereocenters. The van der Waals surface area contributed by atoms with E-state index in [4.69, 9.17) is 5.11 Å². The van der Waals surface area contributed by atoms with E-state index in [1.807, 2.05) is 18.2 Å².